The van der Waals surface area contributed by atoms with Gasteiger partial charge in [0, 0.05) is 0 Å². The summed E-state index contributed by atoms with van der Waals surface area (Å²) in [5, 5.41) is 1.20. The van der Waals surface area contributed by atoms with Gasteiger partial charge in [0.05, 0.1) is 0 Å². The van der Waals surface area contributed by atoms with Crippen LogP contribution in [0.5, 0.6) is 0 Å². The fraction of sp³-hybridized carbons (Fsp3) is 1.00. The van der Waals surface area contributed by atoms with Crippen molar-refractivity contribution in [3.63, 3.8) is 0 Å². The molecular formula is C9H20AlO+. The average molecular weight is 171 g/mol. The minimum atomic E-state index is 0.235. The maximum atomic E-state index is 5.80. The molecule has 0 N–H and O–H groups in total. The van der Waals surface area contributed by atoms with Crippen LogP contribution in [0.2, 0.25) is 5.28 Å². The third-order valence-electron chi connectivity index (χ3n) is 1.73. The second-order valence-corrected chi connectivity index (χ2v) is 5.09. The fourth-order valence-corrected chi connectivity index (χ4v) is 2.33. The summed E-state index contributed by atoms with van der Waals surface area (Å²) in [6.07, 6.45) is 0.477. The molecule has 0 aliphatic carbocycles. The van der Waals surface area contributed by atoms with E-state index in [1.54, 1.807) is 0 Å². The van der Waals surface area contributed by atoms with Gasteiger partial charge in [-0.3, -0.25) is 0 Å². The summed E-state index contributed by atoms with van der Waals surface area (Å²) in [5.74, 6) is 1.32. The minimum absolute atomic E-state index is 0.235. The van der Waals surface area contributed by atoms with E-state index in [2.05, 4.69) is 34.6 Å². The van der Waals surface area contributed by atoms with E-state index in [9.17, 15) is 0 Å². The zero-order chi connectivity index (χ0) is 8.85. The van der Waals surface area contributed by atoms with Crippen LogP contribution in [0.15, 0.2) is 0 Å². The van der Waals surface area contributed by atoms with Crippen molar-refractivity contribution in [2.45, 2.75) is 46.0 Å². The summed E-state index contributed by atoms with van der Waals surface area (Å²) >= 11 is 0.235. The van der Waals surface area contributed by atoms with Gasteiger partial charge in [-0.2, -0.15) is 0 Å². The van der Waals surface area contributed by atoms with Crippen LogP contribution in [0.3, 0.4) is 0 Å². The third-order valence-corrected chi connectivity index (χ3v) is 2.57. The standard InChI is InChI=1S/C7H15O.C2H5.Al/c1-5(2)7(8)6(3)4;1-2;/h5-7H,1-4H3;1H2,2H3;/q-1;;+2. The number of hydrogen-bond acceptors (Lipinski definition) is 1. The van der Waals surface area contributed by atoms with Crippen molar-refractivity contribution in [3.05, 3.63) is 0 Å². The van der Waals surface area contributed by atoms with E-state index >= 15 is 0 Å². The third kappa shape index (κ3) is 4.85. The zero-order valence-corrected chi connectivity index (χ0v) is 9.58. The Kier molecular flexibility index (Phi) is 6.33. The number of rotatable bonds is 5. The van der Waals surface area contributed by atoms with E-state index < -0.39 is 0 Å². The molecule has 0 aliphatic rings. The molecule has 11 heavy (non-hydrogen) atoms. The summed E-state index contributed by atoms with van der Waals surface area (Å²) in [5.41, 5.74) is 0. The van der Waals surface area contributed by atoms with Gasteiger partial charge in [-0.15, -0.1) is 0 Å². The van der Waals surface area contributed by atoms with Crippen molar-refractivity contribution >= 4 is 15.6 Å². The average Bonchev–Trinajstić information content (AvgIpc) is 1.87. The fourth-order valence-electron chi connectivity index (χ4n) is 1.29. The normalized spacial score (nSPS) is 11.3. The second kappa shape index (κ2) is 6.06. The Labute approximate surface area is 77.6 Å². The Bertz CT molecular complexity index is 83.6. The van der Waals surface area contributed by atoms with Crippen molar-refractivity contribution in [2.75, 3.05) is 0 Å². The summed E-state index contributed by atoms with van der Waals surface area (Å²) in [7, 11) is 0. The Morgan fingerprint density at radius 2 is 1.55 bits per heavy atom. The second-order valence-electron chi connectivity index (χ2n) is 3.66. The summed E-state index contributed by atoms with van der Waals surface area (Å²) in [6, 6.07) is 0. The van der Waals surface area contributed by atoms with Crippen molar-refractivity contribution in [1.82, 2.24) is 0 Å². The first-order valence-corrected chi connectivity index (χ1v) is 5.85. The molecular weight excluding hydrogens is 151 g/mol. The molecule has 0 heterocycles. The quantitative estimate of drug-likeness (QED) is 0.578. The maximum absolute atomic E-state index is 5.80. The van der Waals surface area contributed by atoms with Crippen LogP contribution in [-0.2, 0) is 3.79 Å². The van der Waals surface area contributed by atoms with Crippen LogP contribution in [0, 0.1) is 11.8 Å². The van der Waals surface area contributed by atoms with Crippen molar-refractivity contribution < 1.29 is 3.79 Å². The molecule has 1 nitrogen and oxygen atoms in total. The van der Waals surface area contributed by atoms with Gasteiger partial charge in [0.2, 0.25) is 0 Å². The van der Waals surface area contributed by atoms with Crippen LogP contribution in [0.25, 0.3) is 0 Å². The van der Waals surface area contributed by atoms with Gasteiger partial charge in [0.1, 0.15) is 0 Å². The molecule has 0 unspecified atom stereocenters. The molecule has 64 valence electrons. The van der Waals surface area contributed by atoms with Crippen LogP contribution < -0.4 is 0 Å². The molecule has 0 aromatic rings. The molecule has 0 amide bonds. The topological polar surface area (TPSA) is 9.23 Å². The molecule has 0 bridgehead atoms. The molecule has 0 aromatic carbocycles. The summed E-state index contributed by atoms with van der Waals surface area (Å²) < 4.78 is 5.80. The Morgan fingerprint density at radius 3 is 1.82 bits per heavy atom. The van der Waals surface area contributed by atoms with Gasteiger partial charge in [0.15, 0.2) is 0 Å². The van der Waals surface area contributed by atoms with Crippen molar-refractivity contribution in [3.8, 4) is 0 Å². The van der Waals surface area contributed by atoms with E-state index in [4.69, 9.17) is 3.79 Å². The molecule has 0 saturated carbocycles. The van der Waals surface area contributed by atoms with Gasteiger partial charge in [0.25, 0.3) is 0 Å². The molecule has 2 heteroatoms. The van der Waals surface area contributed by atoms with Gasteiger partial charge in [-0.1, -0.05) is 0 Å². The van der Waals surface area contributed by atoms with E-state index in [0.29, 0.717) is 17.9 Å². The van der Waals surface area contributed by atoms with E-state index in [-0.39, 0.29) is 15.6 Å². The van der Waals surface area contributed by atoms with Crippen LogP contribution in [0.1, 0.15) is 34.6 Å². The van der Waals surface area contributed by atoms with Gasteiger partial charge in [-0.05, 0) is 0 Å². The molecule has 0 saturated heterocycles. The van der Waals surface area contributed by atoms with E-state index in [1.165, 1.54) is 5.28 Å². The monoisotopic (exact) mass is 171 g/mol. The first kappa shape index (κ1) is 11.5. The number of hydrogen-bond donors (Lipinski definition) is 0. The van der Waals surface area contributed by atoms with Gasteiger partial charge >= 0.3 is 77.2 Å². The summed E-state index contributed by atoms with van der Waals surface area (Å²) in [4.78, 5) is 0. The molecule has 0 fully saturated rings. The first-order valence-electron chi connectivity index (χ1n) is 4.56. The predicted molar refractivity (Wildman–Crippen MR) is 50.8 cm³/mol. The van der Waals surface area contributed by atoms with Gasteiger partial charge < -0.3 is 0 Å². The SMILES string of the molecule is C[CH2][Al+][O]C(C(C)C)C(C)C. The van der Waals surface area contributed by atoms with E-state index in [0.717, 1.165) is 0 Å². The van der Waals surface area contributed by atoms with Gasteiger partial charge in [-0.25, -0.2) is 0 Å². The van der Waals surface area contributed by atoms with Crippen LogP contribution in [-0.4, -0.2) is 21.7 Å². The van der Waals surface area contributed by atoms with Crippen LogP contribution >= 0.6 is 0 Å². The van der Waals surface area contributed by atoms with Crippen LogP contribution in [0.4, 0.5) is 0 Å². The first-order chi connectivity index (χ1) is 5.09. The summed E-state index contributed by atoms with van der Waals surface area (Å²) in [6.45, 7) is 11.1. The Balaban J connectivity index is 3.70. The molecule has 0 rings (SSSR count). The molecule has 0 spiro atoms. The van der Waals surface area contributed by atoms with Crippen molar-refractivity contribution in [1.29, 1.82) is 0 Å². The Hall–Kier alpha value is 0.492. The molecule has 0 aromatic heterocycles. The molecule has 0 aliphatic heterocycles. The van der Waals surface area contributed by atoms with Crippen molar-refractivity contribution in [2.24, 2.45) is 11.8 Å². The Morgan fingerprint density at radius 1 is 1.09 bits per heavy atom. The van der Waals surface area contributed by atoms with E-state index in [1.807, 2.05) is 0 Å². The molecule has 0 atom stereocenters. The predicted octanol–water partition coefficient (Wildman–Crippen LogP) is 2.74. The molecule has 0 radical (unpaired) electrons. The zero-order valence-electron chi connectivity index (χ0n) is 8.42.